The summed E-state index contributed by atoms with van der Waals surface area (Å²) < 4.78 is 10.6. The minimum atomic E-state index is -1.01. The molecule has 0 spiro atoms. The Balaban J connectivity index is 2.18. The highest BCUT2D eigenvalue weighted by Crippen LogP contribution is 2.19. The molecule has 0 aromatic rings. The maximum Gasteiger partial charge on any atom is 0.149 e. The van der Waals surface area contributed by atoms with Crippen molar-refractivity contribution in [2.45, 2.75) is 69.9 Å². The fourth-order valence-electron chi connectivity index (χ4n) is 2.27. The van der Waals surface area contributed by atoms with Crippen LogP contribution in [0.2, 0.25) is 0 Å². The maximum absolute atomic E-state index is 9.69. The highest BCUT2D eigenvalue weighted by molar-refractivity contribution is 4.90. The monoisotopic (exact) mass is 288 g/mol. The molecular weight excluding hydrogens is 260 g/mol. The van der Waals surface area contributed by atoms with Gasteiger partial charge in [0.15, 0.2) is 0 Å². The predicted octanol–water partition coefficient (Wildman–Crippen LogP) is 1.36. The number of aliphatic hydroxyl groups is 3. The number of allylic oxidation sites excluding steroid dienone is 1. The molecule has 4 atom stereocenters. The van der Waals surface area contributed by atoms with Gasteiger partial charge in [0.25, 0.3) is 0 Å². The van der Waals surface area contributed by atoms with Gasteiger partial charge in [0.1, 0.15) is 24.4 Å². The molecule has 1 aliphatic heterocycles. The number of hydrogen-bond acceptors (Lipinski definition) is 5. The number of unbranched alkanes of at least 4 members (excludes halogenated alkanes) is 5. The molecule has 5 heteroatoms. The highest BCUT2D eigenvalue weighted by Gasteiger charge is 2.40. The summed E-state index contributed by atoms with van der Waals surface area (Å²) in [6, 6.07) is 0. The van der Waals surface area contributed by atoms with Crippen LogP contribution in [0.4, 0.5) is 0 Å². The van der Waals surface area contributed by atoms with Crippen LogP contribution in [0.25, 0.3) is 0 Å². The van der Waals surface area contributed by atoms with Crippen LogP contribution in [0.3, 0.4) is 0 Å². The summed E-state index contributed by atoms with van der Waals surface area (Å²) >= 11 is 0. The molecule has 0 bridgehead atoms. The van der Waals surface area contributed by atoms with Gasteiger partial charge in [0.05, 0.1) is 19.5 Å². The van der Waals surface area contributed by atoms with Crippen molar-refractivity contribution in [3.05, 3.63) is 12.3 Å². The molecule has 1 rings (SSSR count). The van der Waals surface area contributed by atoms with Crippen LogP contribution in [-0.2, 0) is 9.47 Å². The molecule has 20 heavy (non-hydrogen) atoms. The summed E-state index contributed by atoms with van der Waals surface area (Å²) in [5.41, 5.74) is 0. The van der Waals surface area contributed by atoms with Crippen LogP contribution in [-0.4, -0.2) is 52.9 Å². The van der Waals surface area contributed by atoms with Gasteiger partial charge in [-0.05, 0) is 18.9 Å². The summed E-state index contributed by atoms with van der Waals surface area (Å²) in [4.78, 5) is 0. The van der Waals surface area contributed by atoms with Crippen molar-refractivity contribution in [2.75, 3.05) is 13.2 Å². The molecule has 0 aliphatic carbocycles. The van der Waals surface area contributed by atoms with Crippen LogP contribution in [0, 0.1) is 0 Å². The van der Waals surface area contributed by atoms with Crippen molar-refractivity contribution in [1.82, 2.24) is 0 Å². The lowest BCUT2D eigenvalue weighted by Crippen LogP contribution is -2.41. The molecule has 1 fully saturated rings. The molecule has 0 amide bonds. The predicted molar refractivity (Wildman–Crippen MR) is 76.2 cm³/mol. The fourth-order valence-corrected chi connectivity index (χ4v) is 2.27. The molecule has 0 saturated carbocycles. The molecule has 1 aliphatic rings. The van der Waals surface area contributed by atoms with Gasteiger partial charge >= 0.3 is 0 Å². The van der Waals surface area contributed by atoms with Crippen LogP contribution in [0.5, 0.6) is 0 Å². The van der Waals surface area contributed by atoms with Crippen molar-refractivity contribution in [2.24, 2.45) is 0 Å². The molecule has 3 N–H and O–H groups in total. The first-order valence-corrected chi connectivity index (χ1v) is 7.59. The fraction of sp³-hybridized carbons (Fsp3) is 0.867. The van der Waals surface area contributed by atoms with Gasteiger partial charge in [0, 0.05) is 0 Å². The minimum absolute atomic E-state index is 0.0762. The van der Waals surface area contributed by atoms with Crippen molar-refractivity contribution < 1.29 is 24.8 Å². The minimum Gasteiger partial charge on any atom is -0.493 e. The van der Waals surface area contributed by atoms with Crippen LogP contribution >= 0.6 is 0 Å². The average molecular weight is 288 g/mol. The van der Waals surface area contributed by atoms with E-state index < -0.39 is 24.4 Å². The van der Waals surface area contributed by atoms with E-state index in [-0.39, 0.29) is 13.2 Å². The van der Waals surface area contributed by atoms with Gasteiger partial charge in [-0.1, -0.05) is 32.6 Å². The first kappa shape index (κ1) is 17.4. The van der Waals surface area contributed by atoms with Gasteiger partial charge in [-0.2, -0.15) is 0 Å². The Bertz CT molecular complexity index is 269. The van der Waals surface area contributed by atoms with E-state index in [4.69, 9.17) is 9.47 Å². The van der Waals surface area contributed by atoms with E-state index in [1.165, 1.54) is 25.7 Å². The Hall–Kier alpha value is -0.620. The Labute approximate surface area is 121 Å². The lowest BCUT2D eigenvalue weighted by molar-refractivity contribution is -0.0737. The second-order valence-corrected chi connectivity index (χ2v) is 5.29. The van der Waals surface area contributed by atoms with Crippen molar-refractivity contribution in [3.63, 3.8) is 0 Å². The van der Waals surface area contributed by atoms with Crippen LogP contribution < -0.4 is 0 Å². The number of aliphatic hydroxyl groups excluding tert-OH is 3. The zero-order valence-electron chi connectivity index (χ0n) is 12.3. The Morgan fingerprint density at radius 3 is 2.60 bits per heavy atom. The highest BCUT2D eigenvalue weighted by atomic mass is 16.6. The topological polar surface area (TPSA) is 79.2 Å². The van der Waals surface area contributed by atoms with E-state index in [2.05, 4.69) is 6.92 Å². The third-order valence-electron chi connectivity index (χ3n) is 3.56. The average Bonchev–Trinajstić information content (AvgIpc) is 2.78. The van der Waals surface area contributed by atoms with Gasteiger partial charge < -0.3 is 24.8 Å². The van der Waals surface area contributed by atoms with E-state index in [1.54, 1.807) is 6.26 Å². The van der Waals surface area contributed by atoms with Crippen molar-refractivity contribution >= 4 is 0 Å². The molecule has 0 aromatic heterocycles. The molecule has 0 radical (unpaired) electrons. The van der Waals surface area contributed by atoms with Gasteiger partial charge in [-0.3, -0.25) is 0 Å². The number of hydrogen-bond donors (Lipinski definition) is 3. The number of rotatable bonds is 10. The standard InChI is InChI=1S/C15H28O5/c1-2-3-4-5-6-7-8-9-19-13(10-16)15-14(18)12(17)11-20-15/h8-9,12-18H,2-7,10-11H2,1H3/b9-8+/t12-,13+,14+,15+/m1/s1. The molecular formula is C15H28O5. The number of ether oxygens (including phenoxy) is 2. The van der Waals surface area contributed by atoms with E-state index in [1.807, 2.05) is 6.08 Å². The van der Waals surface area contributed by atoms with E-state index in [0.29, 0.717) is 0 Å². The molecule has 118 valence electrons. The van der Waals surface area contributed by atoms with Crippen LogP contribution in [0.15, 0.2) is 12.3 Å². The smallest absolute Gasteiger partial charge is 0.149 e. The molecule has 0 aromatic carbocycles. The molecule has 0 unspecified atom stereocenters. The first-order chi connectivity index (χ1) is 9.70. The van der Waals surface area contributed by atoms with Gasteiger partial charge in [0.2, 0.25) is 0 Å². The summed E-state index contributed by atoms with van der Waals surface area (Å²) in [5.74, 6) is 0. The largest absolute Gasteiger partial charge is 0.493 e. The SMILES string of the molecule is CCCCCCC/C=C/O[C@@H](CO)[C@@H]1OC[C@@H](O)[C@@H]1O. The lowest BCUT2D eigenvalue weighted by Gasteiger charge is -2.23. The second kappa shape index (κ2) is 10.2. The third kappa shape index (κ3) is 5.79. The van der Waals surface area contributed by atoms with Gasteiger partial charge in [-0.15, -0.1) is 0 Å². The molecule has 5 nitrogen and oxygen atoms in total. The summed E-state index contributed by atoms with van der Waals surface area (Å²) in [6.07, 6.45) is 7.34. The molecule has 1 heterocycles. The zero-order chi connectivity index (χ0) is 14.8. The second-order valence-electron chi connectivity index (χ2n) is 5.29. The zero-order valence-corrected chi connectivity index (χ0v) is 12.3. The Morgan fingerprint density at radius 1 is 1.25 bits per heavy atom. The van der Waals surface area contributed by atoms with Crippen molar-refractivity contribution in [1.29, 1.82) is 0 Å². The van der Waals surface area contributed by atoms with Gasteiger partial charge in [-0.25, -0.2) is 0 Å². The summed E-state index contributed by atoms with van der Waals surface area (Å²) in [7, 11) is 0. The van der Waals surface area contributed by atoms with Crippen molar-refractivity contribution in [3.8, 4) is 0 Å². The van der Waals surface area contributed by atoms with E-state index in [0.717, 1.165) is 12.8 Å². The third-order valence-corrected chi connectivity index (χ3v) is 3.56. The van der Waals surface area contributed by atoms with E-state index in [9.17, 15) is 15.3 Å². The van der Waals surface area contributed by atoms with E-state index >= 15 is 0 Å². The maximum atomic E-state index is 9.69. The normalized spacial score (nSPS) is 28.1. The summed E-state index contributed by atoms with van der Waals surface area (Å²) in [6.45, 7) is 2.02. The quantitative estimate of drug-likeness (QED) is 0.418. The Kier molecular flexibility index (Phi) is 8.85. The first-order valence-electron chi connectivity index (χ1n) is 7.59. The molecule has 1 saturated heterocycles. The Morgan fingerprint density at radius 2 is 2.00 bits per heavy atom. The summed E-state index contributed by atoms with van der Waals surface area (Å²) in [5, 5.41) is 28.3. The lowest BCUT2D eigenvalue weighted by atomic mass is 10.1. The van der Waals surface area contributed by atoms with Crippen LogP contribution in [0.1, 0.15) is 45.4 Å².